The molecule has 1 nitrogen and oxygen atoms in total. The van der Waals surface area contributed by atoms with Gasteiger partial charge in [0.25, 0.3) is 0 Å². The number of hydrogen-bond donors (Lipinski definition) is 0. The molecule has 0 spiro atoms. The van der Waals surface area contributed by atoms with Gasteiger partial charge in [-0.15, -0.1) is 0 Å². The molecule has 0 saturated heterocycles. The van der Waals surface area contributed by atoms with Gasteiger partial charge in [-0.25, -0.2) is 0 Å². The zero-order chi connectivity index (χ0) is 7.49. The van der Waals surface area contributed by atoms with Gasteiger partial charge in [-0.3, -0.25) is 0 Å². The number of hydrogen-bond acceptors (Lipinski definition) is 1. The maximum absolute atomic E-state index is 11.4. The van der Waals surface area contributed by atoms with Gasteiger partial charge in [-0.1, -0.05) is 6.08 Å². The van der Waals surface area contributed by atoms with Gasteiger partial charge >= 0.3 is 6.18 Å². The van der Waals surface area contributed by atoms with Crippen molar-refractivity contribution in [3.8, 4) is 6.07 Å². The number of alkyl halides is 3. The molecule has 0 aliphatic rings. The molecule has 50 valence electrons. The Morgan fingerprint density at radius 2 is 2.00 bits per heavy atom. The molecule has 0 aliphatic carbocycles. The molecular formula is C5H4F3N. The maximum atomic E-state index is 11.4. The van der Waals surface area contributed by atoms with Crippen molar-refractivity contribution in [2.45, 2.75) is 13.1 Å². The lowest BCUT2D eigenvalue weighted by Gasteiger charge is -2.00. The van der Waals surface area contributed by atoms with Crippen LogP contribution in [0.4, 0.5) is 13.2 Å². The molecule has 9 heavy (non-hydrogen) atoms. The first-order valence-electron chi connectivity index (χ1n) is 2.16. The molecule has 0 saturated carbocycles. The van der Waals surface area contributed by atoms with Crippen molar-refractivity contribution in [3.05, 3.63) is 11.6 Å². The molecule has 0 fully saturated rings. The minimum absolute atomic E-state index is 0.736. The molecule has 0 rings (SSSR count). The van der Waals surface area contributed by atoms with Crippen LogP contribution in [0.3, 0.4) is 0 Å². The number of nitrogens with zero attached hydrogens (tertiary/aromatic N) is 1. The van der Waals surface area contributed by atoms with Gasteiger partial charge in [-0.05, 0) is 6.92 Å². The zero-order valence-electron chi connectivity index (χ0n) is 4.66. The lowest BCUT2D eigenvalue weighted by atomic mass is 10.3. The van der Waals surface area contributed by atoms with E-state index in [0.717, 1.165) is 12.1 Å². The van der Waals surface area contributed by atoms with Gasteiger partial charge in [0.05, 0.1) is 0 Å². The highest BCUT2D eigenvalue weighted by atomic mass is 19.4. The molecule has 0 aromatic carbocycles. The Morgan fingerprint density at radius 3 is 2.00 bits per heavy atom. The van der Waals surface area contributed by atoms with E-state index in [-0.39, 0.29) is 0 Å². The minimum Gasteiger partial charge on any atom is -0.192 e. The van der Waals surface area contributed by atoms with Crippen LogP contribution in [0, 0.1) is 11.3 Å². The molecule has 0 radical (unpaired) electrons. The fourth-order valence-corrected chi connectivity index (χ4v) is 0.292. The average Bonchev–Trinajstić information content (AvgIpc) is 1.65. The smallest absolute Gasteiger partial charge is 0.192 e. The van der Waals surface area contributed by atoms with Gasteiger partial charge in [-0.2, -0.15) is 18.4 Å². The van der Waals surface area contributed by atoms with Crippen LogP contribution in [0.25, 0.3) is 0 Å². The molecule has 0 aromatic heterocycles. The predicted molar refractivity (Wildman–Crippen MR) is 25.4 cm³/mol. The van der Waals surface area contributed by atoms with E-state index in [1.165, 1.54) is 6.92 Å². The van der Waals surface area contributed by atoms with Crippen LogP contribution in [0.15, 0.2) is 11.6 Å². The summed E-state index contributed by atoms with van der Waals surface area (Å²) < 4.78 is 34.3. The van der Waals surface area contributed by atoms with Crippen LogP contribution in [0.5, 0.6) is 0 Å². The Labute approximate surface area is 50.4 Å². The molecular weight excluding hydrogens is 131 g/mol. The summed E-state index contributed by atoms with van der Waals surface area (Å²) in [6.45, 7) is 1.17. The molecule has 0 bridgehead atoms. The third-order valence-electron chi connectivity index (χ3n) is 0.715. The molecule has 0 unspecified atom stereocenters. The Hall–Kier alpha value is -0.980. The molecule has 0 heterocycles. The minimum atomic E-state index is -4.48. The van der Waals surface area contributed by atoms with E-state index < -0.39 is 11.7 Å². The molecule has 0 aromatic rings. The molecule has 0 aliphatic heterocycles. The first-order valence-corrected chi connectivity index (χ1v) is 2.16. The Balaban J connectivity index is 4.39. The maximum Gasteiger partial charge on any atom is 0.425 e. The van der Waals surface area contributed by atoms with Crippen molar-refractivity contribution in [2.24, 2.45) is 0 Å². The van der Waals surface area contributed by atoms with Gasteiger partial charge < -0.3 is 0 Å². The highest BCUT2D eigenvalue weighted by molar-refractivity contribution is 5.24. The van der Waals surface area contributed by atoms with Crippen LogP contribution >= 0.6 is 0 Å². The first kappa shape index (κ1) is 8.02. The van der Waals surface area contributed by atoms with Gasteiger partial charge in [0.1, 0.15) is 11.6 Å². The summed E-state index contributed by atoms with van der Waals surface area (Å²) in [7, 11) is 0. The molecule has 0 amide bonds. The average molecular weight is 135 g/mol. The quantitative estimate of drug-likeness (QED) is 0.466. The number of rotatable bonds is 0. The van der Waals surface area contributed by atoms with E-state index in [9.17, 15) is 13.2 Å². The lowest BCUT2D eigenvalue weighted by molar-refractivity contribution is -0.0874. The SMILES string of the molecule is C/C=C(\C#N)C(F)(F)F. The number of allylic oxidation sites excluding steroid dienone is 2. The first-order chi connectivity index (χ1) is 4.02. The van der Waals surface area contributed by atoms with Gasteiger partial charge in [0.15, 0.2) is 0 Å². The van der Waals surface area contributed by atoms with E-state index in [0.29, 0.717) is 0 Å². The Morgan fingerprint density at radius 1 is 1.56 bits per heavy atom. The second-order valence-corrected chi connectivity index (χ2v) is 1.31. The van der Waals surface area contributed by atoms with Crippen molar-refractivity contribution in [2.75, 3.05) is 0 Å². The van der Waals surface area contributed by atoms with Crippen molar-refractivity contribution >= 4 is 0 Å². The number of nitriles is 1. The normalized spacial score (nSPS) is 13.0. The summed E-state index contributed by atoms with van der Waals surface area (Å²) in [5, 5.41) is 7.82. The summed E-state index contributed by atoms with van der Waals surface area (Å²) in [6.07, 6.45) is -3.75. The zero-order valence-corrected chi connectivity index (χ0v) is 4.66. The monoisotopic (exact) mass is 135 g/mol. The highest BCUT2D eigenvalue weighted by Crippen LogP contribution is 2.24. The summed E-state index contributed by atoms with van der Waals surface area (Å²) >= 11 is 0. The van der Waals surface area contributed by atoms with Crippen LogP contribution < -0.4 is 0 Å². The van der Waals surface area contributed by atoms with E-state index >= 15 is 0 Å². The van der Waals surface area contributed by atoms with E-state index in [2.05, 4.69) is 0 Å². The summed E-state index contributed by atoms with van der Waals surface area (Å²) in [5.41, 5.74) is -1.15. The fourth-order valence-electron chi connectivity index (χ4n) is 0.292. The molecule has 0 atom stereocenters. The summed E-state index contributed by atoms with van der Waals surface area (Å²) in [4.78, 5) is 0. The lowest BCUT2D eigenvalue weighted by Crippen LogP contribution is -2.09. The predicted octanol–water partition coefficient (Wildman–Crippen LogP) is 2.02. The van der Waals surface area contributed by atoms with Crippen LogP contribution in [0.2, 0.25) is 0 Å². The Bertz CT molecular complexity index is 160. The third kappa shape index (κ3) is 2.17. The third-order valence-corrected chi connectivity index (χ3v) is 0.715. The van der Waals surface area contributed by atoms with Gasteiger partial charge in [0.2, 0.25) is 0 Å². The highest BCUT2D eigenvalue weighted by Gasteiger charge is 2.32. The topological polar surface area (TPSA) is 23.8 Å². The van der Waals surface area contributed by atoms with Crippen LogP contribution in [-0.2, 0) is 0 Å². The van der Waals surface area contributed by atoms with Crippen LogP contribution in [0.1, 0.15) is 6.92 Å². The number of halogens is 3. The Kier molecular flexibility index (Phi) is 2.26. The van der Waals surface area contributed by atoms with Gasteiger partial charge in [0, 0.05) is 0 Å². The van der Waals surface area contributed by atoms with E-state index in [1.54, 1.807) is 0 Å². The van der Waals surface area contributed by atoms with Crippen molar-refractivity contribution in [3.63, 3.8) is 0 Å². The van der Waals surface area contributed by atoms with Crippen LogP contribution in [-0.4, -0.2) is 6.18 Å². The van der Waals surface area contributed by atoms with E-state index in [4.69, 9.17) is 5.26 Å². The standard InChI is InChI=1S/C5H4F3N/c1-2-4(3-9)5(6,7)8/h2H,1H3/b4-2+. The molecule has 4 heteroatoms. The van der Waals surface area contributed by atoms with Crippen molar-refractivity contribution in [1.82, 2.24) is 0 Å². The molecule has 0 N–H and O–H groups in total. The second kappa shape index (κ2) is 2.53. The summed E-state index contributed by atoms with van der Waals surface area (Å²) in [6, 6.07) is 1.03. The summed E-state index contributed by atoms with van der Waals surface area (Å²) in [5.74, 6) is 0. The fraction of sp³-hybridized carbons (Fsp3) is 0.400. The van der Waals surface area contributed by atoms with Crippen molar-refractivity contribution in [1.29, 1.82) is 5.26 Å². The van der Waals surface area contributed by atoms with Crippen molar-refractivity contribution < 1.29 is 13.2 Å². The largest absolute Gasteiger partial charge is 0.425 e. The second-order valence-electron chi connectivity index (χ2n) is 1.31. The van der Waals surface area contributed by atoms with E-state index in [1.807, 2.05) is 0 Å².